The summed E-state index contributed by atoms with van der Waals surface area (Å²) in [4.78, 5) is 26.6. The molecule has 13 heteroatoms. The van der Waals surface area contributed by atoms with Crippen LogP contribution in [-0.4, -0.2) is 44.1 Å². The Balaban J connectivity index is 1.97. The van der Waals surface area contributed by atoms with E-state index < -0.39 is 29.1 Å². The molecule has 0 amide bonds. The fraction of sp³-hybridized carbons (Fsp3) is 0.280. The molecule has 4 aromatic rings. The van der Waals surface area contributed by atoms with Crippen molar-refractivity contribution < 1.29 is 36.2 Å². The second kappa shape index (κ2) is 9.39. The normalized spacial score (nSPS) is 12.7. The van der Waals surface area contributed by atoms with E-state index in [0.29, 0.717) is 34.8 Å². The maximum absolute atomic E-state index is 13.6. The predicted molar refractivity (Wildman–Crippen MR) is 124 cm³/mol. The highest BCUT2D eigenvalue weighted by atomic mass is 19.4. The number of nitrogens with zero attached hydrogens (tertiary/aromatic N) is 4. The lowest BCUT2D eigenvalue weighted by atomic mass is 9.90. The first kappa shape index (κ1) is 27.0. The summed E-state index contributed by atoms with van der Waals surface area (Å²) < 4.78 is 86.8. The van der Waals surface area contributed by atoms with Gasteiger partial charge < -0.3 is 9.84 Å². The summed E-state index contributed by atoms with van der Waals surface area (Å²) in [6.07, 6.45) is -9.16. The molecule has 0 aliphatic carbocycles. The van der Waals surface area contributed by atoms with Crippen LogP contribution in [0.15, 0.2) is 53.6 Å². The molecule has 7 nitrogen and oxygen atoms in total. The zero-order valence-corrected chi connectivity index (χ0v) is 20.1. The Bertz CT molecular complexity index is 1550. The summed E-state index contributed by atoms with van der Waals surface area (Å²) in [5, 5.41) is 9.91. The lowest BCUT2D eigenvalue weighted by Gasteiger charge is -2.33. The molecule has 0 atom stereocenters. The summed E-state index contributed by atoms with van der Waals surface area (Å²) in [7, 11) is 1.39. The summed E-state index contributed by atoms with van der Waals surface area (Å²) >= 11 is 0. The number of aliphatic hydroxyl groups is 1. The molecule has 0 spiro atoms. The SMILES string of the molecule is COc1ccc2nc(Cc3cnc(C)cn3)n(-c3ccc(C(O)(C(F)(F)F)C(F)(F)F)cc3C)c(=O)c2c1. The van der Waals surface area contributed by atoms with Gasteiger partial charge in [-0.05, 0) is 43.7 Å². The van der Waals surface area contributed by atoms with Crippen molar-refractivity contribution in [1.82, 2.24) is 19.5 Å². The van der Waals surface area contributed by atoms with Crippen molar-refractivity contribution in [3.8, 4) is 11.4 Å². The molecule has 0 radical (unpaired) electrons. The molecule has 0 saturated heterocycles. The van der Waals surface area contributed by atoms with Crippen LogP contribution in [0.4, 0.5) is 26.3 Å². The lowest BCUT2D eigenvalue weighted by Crippen LogP contribution is -2.54. The summed E-state index contributed by atoms with van der Waals surface area (Å²) in [6, 6.07) is 6.50. The molecule has 0 fully saturated rings. The van der Waals surface area contributed by atoms with Gasteiger partial charge in [-0.1, -0.05) is 12.1 Å². The van der Waals surface area contributed by atoms with Crippen LogP contribution in [-0.2, 0) is 12.0 Å². The van der Waals surface area contributed by atoms with Gasteiger partial charge >= 0.3 is 12.4 Å². The van der Waals surface area contributed by atoms with Crippen LogP contribution in [0.3, 0.4) is 0 Å². The minimum absolute atomic E-state index is 0.0271. The number of halogens is 6. The molecule has 0 aliphatic heterocycles. The fourth-order valence-corrected chi connectivity index (χ4v) is 4.00. The standard InChI is InChI=1S/C25H20F6N4O3/c1-13-8-15(23(37,24(26,27)28)25(29,30)31)4-7-20(13)35-21(9-16-12-32-14(2)11-33-16)34-19-6-5-17(38-3)10-18(19)22(35)36/h4-8,10-12,37H,9H2,1-3H3. The first-order valence-corrected chi connectivity index (χ1v) is 11.0. The van der Waals surface area contributed by atoms with E-state index >= 15 is 0 Å². The van der Waals surface area contributed by atoms with Crippen molar-refractivity contribution in [2.24, 2.45) is 0 Å². The van der Waals surface area contributed by atoms with E-state index in [4.69, 9.17) is 4.74 Å². The third-order valence-electron chi connectivity index (χ3n) is 5.99. The maximum Gasteiger partial charge on any atom is 0.430 e. The zero-order valence-electron chi connectivity index (χ0n) is 20.1. The van der Waals surface area contributed by atoms with Gasteiger partial charge in [0.05, 0.1) is 41.5 Å². The second-order valence-corrected chi connectivity index (χ2v) is 8.58. The number of methoxy groups -OCH3 is 1. The van der Waals surface area contributed by atoms with Crippen LogP contribution < -0.4 is 10.3 Å². The molecule has 0 saturated carbocycles. The highest BCUT2D eigenvalue weighted by Gasteiger charge is 2.71. The fourth-order valence-electron chi connectivity index (χ4n) is 4.00. The second-order valence-electron chi connectivity index (χ2n) is 8.58. The Morgan fingerprint density at radius 1 is 0.947 bits per heavy atom. The van der Waals surface area contributed by atoms with Crippen molar-refractivity contribution in [2.75, 3.05) is 7.11 Å². The van der Waals surface area contributed by atoms with Gasteiger partial charge in [0, 0.05) is 18.0 Å². The number of hydrogen-bond acceptors (Lipinski definition) is 6. The van der Waals surface area contributed by atoms with Crippen LogP contribution in [0.1, 0.15) is 28.3 Å². The Kier molecular flexibility index (Phi) is 6.68. The number of aryl methyl sites for hydroxylation is 2. The minimum Gasteiger partial charge on any atom is -0.497 e. The molecule has 0 aliphatic rings. The minimum atomic E-state index is -6.05. The first-order chi connectivity index (χ1) is 17.7. The van der Waals surface area contributed by atoms with Gasteiger partial charge in [-0.2, -0.15) is 26.3 Å². The Labute approximate surface area is 211 Å². The average Bonchev–Trinajstić information content (AvgIpc) is 2.84. The number of hydrogen-bond donors (Lipinski definition) is 1. The van der Waals surface area contributed by atoms with Gasteiger partial charge in [-0.25, -0.2) is 4.98 Å². The molecule has 2 aromatic heterocycles. The quantitative estimate of drug-likeness (QED) is 0.371. The highest BCUT2D eigenvalue weighted by molar-refractivity contribution is 5.79. The average molecular weight is 538 g/mol. The number of ether oxygens (including phenoxy) is 1. The van der Waals surface area contributed by atoms with Crippen LogP contribution in [0.5, 0.6) is 5.75 Å². The molecule has 0 bridgehead atoms. The molecule has 2 heterocycles. The Morgan fingerprint density at radius 2 is 1.63 bits per heavy atom. The van der Waals surface area contributed by atoms with E-state index in [2.05, 4.69) is 15.0 Å². The van der Waals surface area contributed by atoms with Gasteiger partial charge in [0.15, 0.2) is 0 Å². The van der Waals surface area contributed by atoms with E-state index in [1.54, 1.807) is 19.1 Å². The van der Waals surface area contributed by atoms with E-state index in [-0.39, 0.29) is 28.9 Å². The zero-order chi connectivity index (χ0) is 28.0. The molecule has 2 aromatic carbocycles. The number of fused-ring (bicyclic) bond motifs is 1. The van der Waals surface area contributed by atoms with Gasteiger partial charge in [-0.3, -0.25) is 19.3 Å². The number of benzene rings is 2. The van der Waals surface area contributed by atoms with Crippen LogP contribution in [0.25, 0.3) is 16.6 Å². The smallest absolute Gasteiger partial charge is 0.430 e. The topological polar surface area (TPSA) is 90.1 Å². The molecule has 4 rings (SSSR count). The largest absolute Gasteiger partial charge is 0.497 e. The lowest BCUT2D eigenvalue weighted by molar-refractivity contribution is -0.376. The molecule has 1 N–H and O–H groups in total. The maximum atomic E-state index is 13.6. The molecule has 38 heavy (non-hydrogen) atoms. The van der Waals surface area contributed by atoms with Crippen molar-refractivity contribution in [3.05, 3.63) is 87.5 Å². The summed E-state index contributed by atoms with van der Waals surface area (Å²) in [6.45, 7) is 2.95. The molecular weight excluding hydrogens is 518 g/mol. The van der Waals surface area contributed by atoms with Crippen LogP contribution in [0.2, 0.25) is 0 Å². The summed E-state index contributed by atoms with van der Waals surface area (Å²) in [5.74, 6) is 0.455. The summed E-state index contributed by atoms with van der Waals surface area (Å²) in [5.41, 5.74) is -6.01. The van der Waals surface area contributed by atoms with Crippen molar-refractivity contribution in [1.29, 1.82) is 0 Å². The number of rotatable bonds is 5. The number of aromatic nitrogens is 4. The Hall–Kier alpha value is -4.00. The van der Waals surface area contributed by atoms with Crippen molar-refractivity contribution >= 4 is 10.9 Å². The third-order valence-corrected chi connectivity index (χ3v) is 5.99. The third kappa shape index (κ3) is 4.57. The van der Waals surface area contributed by atoms with Gasteiger partial charge in [0.1, 0.15) is 11.6 Å². The van der Waals surface area contributed by atoms with E-state index in [1.807, 2.05) is 0 Å². The van der Waals surface area contributed by atoms with E-state index in [1.165, 1.54) is 32.5 Å². The van der Waals surface area contributed by atoms with E-state index in [0.717, 1.165) is 10.6 Å². The van der Waals surface area contributed by atoms with Crippen molar-refractivity contribution in [2.45, 2.75) is 38.2 Å². The van der Waals surface area contributed by atoms with Gasteiger partial charge in [0.25, 0.3) is 11.2 Å². The van der Waals surface area contributed by atoms with Gasteiger partial charge in [-0.15, -0.1) is 0 Å². The van der Waals surface area contributed by atoms with Crippen LogP contribution >= 0.6 is 0 Å². The molecule has 0 unspecified atom stereocenters. The highest BCUT2D eigenvalue weighted by Crippen LogP contribution is 2.50. The number of alkyl halides is 6. The van der Waals surface area contributed by atoms with Crippen LogP contribution in [0, 0.1) is 13.8 Å². The molecular formula is C25H20F6N4O3. The monoisotopic (exact) mass is 538 g/mol. The van der Waals surface area contributed by atoms with E-state index in [9.17, 15) is 36.2 Å². The van der Waals surface area contributed by atoms with Crippen molar-refractivity contribution in [3.63, 3.8) is 0 Å². The first-order valence-electron chi connectivity index (χ1n) is 11.0. The van der Waals surface area contributed by atoms with Gasteiger partial charge in [0.2, 0.25) is 0 Å². The molecule has 200 valence electrons. The Morgan fingerprint density at radius 3 is 2.18 bits per heavy atom. The predicted octanol–water partition coefficient (Wildman–Crippen LogP) is 4.70.